The molecule has 2 aromatic carbocycles. The number of sulfonamides is 1. The Hall–Kier alpha value is -1.80. The zero-order valence-corrected chi connectivity index (χ0v) is 13.7. The number of hydrogen-bond donors (Lipinski definition) is 2. The molecule has 0 bridgehead atoms. The van der Waals surface area contributed by atoms with Gasteiger partial charge in [0, 0.05) is 16.6 Å². The van der Waals surface area contributed by atoms with Crippen molar-refractivity contribution in [3.05, 3.63) is 57.6 Å². The van der Waals surface area contributed by atoms with Crippen molar-refractivity contribution in [1.82, 2.24) is 4.72 Å². The van der Waals surface area contributed by atoms with Crippen molar-refractivity contribution in [2.24, 2.45) is 0 Å². The van der Waals surface area contributed by atoms with Crippen LogP contribution in [0.25, 0.3) is 0 Å². The average Bonchev–Trinajstić information content (AvgIpc) is 2.46. The van der Waals surface area contributed by atoms with E-state index in [0.29, 0.717) is 15.6 Å². The van der Waals surface area contributed by atoms with Gasteiger partial charge in [-0.25, -0.2) is 17.9 Å². The first-order chi connectivity index (χ1) is 10.7. The molecule has 122 valence electrons. The normalized spacial score (nSPS) is 11.4. The van der Waals surface area contributed by atoms with Crippen LogP contribution < -0.4 is 9.83 Å². The van der Waals surface area contributed by atoms with Crippen molar-refractivity contribution in [2.45, 2.75) is 11.4 Å². The number of halogens is 2. The maximum absolute atomic E-state index is 12.2. The van der Waals surface area contributed by atoms with Crippen LogP contribution in [0.1, 0.15) is 15.9 Å². The molecule has 0 saturated carbocycles. The Morgan fingerprint density at radius 3 is 2.48 bits per heavy atom. The quantitative estimate of drug-likeness (QED) is 0.834. The monoisotopic (exact) mass is 374 g/mol. The first kappa shape index (κ1) is 17.6. The fraction of sp³-hybridized carbons (Fsp3) is 0.0714. The molecular weight excluding hydrogens is 365 g/mol. The molecule has 0 saturated heterocycles. The molecule has 9 heteroatoms. The Morgan fingerprint density at radius 2 is 1.87 bits per heavy atom. The lowest BCUT2D eigenvalue weighted by atomic mass is 10.2. The molecule has 0 heterocycles. The third-order valence-corrected chi connectivity index (χ3v) is 4.95. The standard InChI is InChI=1S/C14H11Cl2NO5S/c15-9-2-1-8(12(16)5-9)7-17-23(21,22)10-3-4-13(18)11(6-10)14(19)20/h1-6,17-18H,7H2,(H,19,20)/p-1. The van der Waals surface area contributed by atoms with E-state index in [0.717, 1.165) is 18.2 Å². The summed E-state index contributed by atoms with van der Waals surface area (Å²) < 4.78 is 26.7. The summed E-state index contributed by atoms with van der Waals surface area (Å²) in [5.74, 6) is -2.26. The van der Waals surface area contributed by atoms with Crippen LogP contribution in [0.4, 0.5) is 0 Å². The number of benzene rings is 2. The summed E-state index contributed by atoms with van der Waals surface area (Å²) in [5, 5.41) is 21.0. The Labute approximate surface area is 142 Å². The molecule has 0 spiro atoms. The molecule has 0 amide bonds. The fourth-order valence-electron chi connectivity index (χ4n) is 1.76. The maximum atomic E-state index is 12.2. The van der Waals surface area contributed by atoms with Gasteiger partial charge in [-0.3, -0.25) is 0 Å². The number of aromatic carboxylic acids is 1. The van der Waals surface area contributed by atoms with Gasteiger partial charge in [0.25, 0.3) is 0 Å². The summed E-state index contributed by atoms with van der Waals surface area (Å²) in [6.45, 7) is -0.111. The molecule has 0 aromatic heterocycles. The van der Waals surface area contributed by atoms with Gasteiger partial charge in [0.05, 0.1) is 10.5 Å². The zero-order chi connectivity index (χ0) is 17.2. The van der Waals surface area contributed by atoms with Gasteiger partial charge in [-0.1, -0.05) is 41.1 Å². The minimum Gasteiger partial charge on any atom is -0.872 e. The number of carbonyl (C=O) groups is 1. The highest BCUT2D eigenvalue weighted by Gasteiger charge is 2.17. The summed E-state index contributed by atoms with van der Waals surface area (Å²) in [6.07, 6.45) is 0. The van der Waals surface area contributed by atoms with Crippen LogP contribution in [0, 0.1) is 0 Å². The van der Waals surface area contributed by atoms with Crippen LogP contribution in [-0.2, 0) is 16.6 Å². The smallest absolute Gasteiger partial charge is 0.335 e. The van der Waals surface area contributed by atoms with Crippen LogP contribution in [-0.4, -0.2) is 19.5 Å². The van der Waals surface area contributed by atoms with Gasteiger partial charge in [-0.05, 0) is 29.8 Å². The maximum Gasteiger partial charge on any atom is 0.335 e. The highest BCUT2D eigenvalue weighted by Crippen LogP contribution is 2.22. The van der Waals surface area contributed by atoms with E-state index in [-0.39, 0.29) is 11.4 Å². The summed E-state index contributed by atoms with van der Waals surface area (Å²) >= 11 is 11.7. The Bertz CT molecular complexity index is 867. The van der Waals surface area contributed by atoms with E-state index < -0.39 is 27.3 Å². The zero-order valence-electron chi connectivity index (χ0n) is 11.4. The van der Waals surface area contributed by atoms with Crippen LogP contribution in [0.15, 0.2) is 41.3 Å². The second-order valence-electron chi connectivity index (χ2n) is 4.52. The van der Waals surface area contributed by atoms with E-state index in [2.05, 4.69) is 4.72 Å². The molecule has 6 nitrogen and oxygen atoms in total. The van der Waals surface area contributed by atoms with E-state index in [1.54, 1.807) is 12.1 Å². The molecule has 23 heavy (non-hydrogen) atoms. The van der Waals surface area contributed by atoms with Crippen molar-refractivity contribution >= 4 is 39.2 Å². The predicted octanol–water partition coefficient (Wildman–Crippen LogP) is 2.24. The van der Waals surface area contributed by atoms with E-state index >= 15 is 0 Å². The minimum absolute atomic E-state index is 0.111. The number of nitrogens with one attached hydrogen (secondary N) is 1. The van der Waals surface area contributed by atoms with Crippen LogP contribution >= 0.6 is 23.2 Å². The molecule has 2 aromatic rings. The highest BCUT2D eigenvalue weighted by molar-refractivity contribution is 7.89. The highest BCUT2D eigenvalue weighted by atomic mass is 35.5. The van der Waals surface area contributed by atoms with E-state index in [1.807, 2.05) is 0 Å². The van der Waals surface area contributed by atoms with E-state index in [9.17, 15) is 18.3 Å². The Morgan fingerprint density at radius 1 is 1.17 bits per heavy atom. The molecule has 0 aliphatic rings. The van der Waals surface area contributed by atoms with Crippen LogP contribution in [0.3, 0.4) is 0 Å². The second-order valence-corrected chi connectivity index (χ2v) is 7.13. The molecule has 0 fully saturated rings. The SMILES string of the molecule is O=C(O)c1cc(S(=O)(=O)NCc2ccc(Cl)cc2Cl)ccc1[O-]. The second kappa shape index (κ2) is 6.76. The topological polar surface area (TPSA) is 107 Å². The largest absolute Gasteiger partial charge is 0.872 e. The summed E-state index contributed by atoms with van der Waals surface area (Å²) in [7, 11) is -4.00. The first-order valence-electron chi connectivity index (χ1n) is 6.18. The molecule has 0 radical (unpaired) electrons. The average molecular weight is 375 g/mol. The fourth-order valence-corrected chi connectivity index (χ4v) is 3.27. The van der Waals surface area contributed by atoms with Crippen molar-refractivity contribution in [1.29, 1.82) is 0 Å². The Balaban J connectivity index is 2.25. The van der Waals surface area contributed by atoms with Crippen molar-refractivity contribution in [3.8, 4) is 5.75 Å². The summed E-state index contributed by atoms with van der Waals surface area (Å²) in [5.41, 5.74) is -0.115. The molecule has 2 N–H and O–H groups in total. The first-order valence-corrected chi connectivity index (χ1v) is 8.42. The Kier molecular flexibility index (Phi) is 5.16. The van der Waals surface area contributed by atoms with Crippen LogP contribution in [0.5, 0.6) is 5.75 Å². The molecule has 0 atom stereocenters. The number of carboxylic acids is 1. The van der Waals surface area contributed by atoms with Crippen LogP contribution in [0.2, 0.25) is 10.0 Å². The van der Waals surface area contributed by atoms with Gasteiger partial charge < -0.3 is 10.2 Å². The van der Waals surface area contributed by atoms with E-state index in [4.69, 9.17) is 28.3 Å². The molecule has 2 rings (SSSR count). The van der Waals surface area contributed by atoms with Gasteiger partial charge in [-0.2, -0.15) is 0 Å². The van der Waals surface area contributed by atoms with Crippen molar-refractivity contribution in [2.75, 3.05) is 0 Å². The number of rotatable bonds is 5. The lowest BCUT2D eigenvalue weighted by Crippen LogP contribution is -2.24. The predicted molar refractivity (Wildman–Crippen MR) is 83.3 cm³/mol. The lowest BCUT2D eigenvalue weighted by Gasteiger charge is -2.13. The van der Waals surface area contributed by atoms with Gasteiger partial charge in [0.2, 0.25) is 10.0 Å². The van der Waals surface area contributed by atoms with Gasteiger partial charge in [-0.15, -0.1) is 0 Å². The van der Waals surface area contributed by atoms with Crippen molar-refractivity contribution < 1.29 is 23.4 Å². The molecule has 0 unspecified atom stereocenters. The summed E-state index contributed by atoms with van der Waals surface area (Å²) in [4.78, 5) is 10.6. The molecular formula is C14H10Cl2NO5S-. The molecule has 0 aliphatic carbocycles. The third-order valence-electron chi connectivity index (χ3n) is 2.96. The third kappa shape index (κ3) is 4.14. The van der Waals surface area contributed by atoms with Gasteiger partial charge >= 0.3 is 5.97 Å². The van der Waals surface area contributed by atoms with E-state index in [1.165, 1.54) is 6.07 Å². The van der Waals surface area contributed by atoms with Gasteiger partial charge in [0.1, 0.15) is 0 Å². The minimum atomic E-state index is -4.00. The van der Waals surface area contributed by atoms with Crippen molar-refractivity contribution in [3.63, 3.8) is 0 Å². The molecule has 0 aliphatic heterocycles. The lowest BCUT2D eigenvalue weighted by molar-refractivity contribution is -0.268. The van der Waals surface area contributed by atoms with Gasteiger partial charge in [0.15, 0.2) is 0 Å². The number of hydrogen-bond acceptors (Lipinski definition) is 4. The summed E-state index contributed by atoms with van der Waals surface area (Å²) in [6, 6.07) is 7.36. The number of carboxylic acid groups (broad SMARTS) is 1.